The Bertz CT molecular complexity index is 1630. The fraction of sp³-hybridized carbons (Fsp3) is 0.346. The molecule has 0 bridgehead atoms. The van der Waals surface area contributed by atoms with Crippen LogP contribution in [0.4, 0.5) is 5.13 Å². The number of aromatic nitrogens is 1. The van der Waals surface area contributed by atoms with E-state index in [2.05, 4.69) is 4.98 Å². The summed E-state index contributed by atoms with van der Waals surface area (Å²) in [6, 6.07) is 7.58. The van der Waals surface area contributed by atoms with Crippen LogP contribution in [0.1, 0.15) is 52.1 Å². The first kappa shape index (κ1) is 32.8. The van der Waals surface area contributed by atoms with E-state index in [9.17, 15) is 26.4 Å². The van der Waals surface area contributed by atoms with Crippen molar-refractivity contribution >= 4 is 83.9 Å². The maximum atomic E-state index is 13.9. The third kappa shape index (κ3) is 6.25. The molecule has 2 amide bonds. The summed E-state index contributed by atoms with van der Waals surface area (Å²) in [6.07, 6.45) is 2.88. The minimum atomic E-state index is -3.97. The molecule has 10 nitrogen and oxygen atoms in total. The summed E-state index contributed by atoms with van der Waals surface area (Å²) < 4.78 is 55.7. The third-order valence-corrected chi connectivity index (χ3v) is 12.6. The largest absolute Gasteiger partial charge is 0.268 e. The smallest absolute Gasteiger partial charge is 0.267 e. The number of carbonyl (C=O) groups excluding carboxylic acids is 2. The average molecular weight is 694 g/mol. The molecule has 0 aliphatic carbocycles. The predicted molar refractivity (Wildman–Crippen MR) is 164 cm³/mol. The van der Waals surface area contributed by atoms with Crippen LogP contribution in [0.2, 0.25) is 10.0 Å². The fourth-order valence-corrected chi connectivity index (χ4v) is 9.60. The number of halogens is 3. The van der Waals surface area contributed by atoms with Gasteiger partial charge in [0.15, 0.2) is 5.13 Å². The molecule has 1 aromatic heterocycles. The Morgan fingerprint density at radius 2 is 1.19 bits per heavy atom. The molecule has 42 heavy (non-hydrogen) atoms. The summed E-state index contributed by atoms with van der Waals surface area (Å²) in [6.45, 7) is 3.08. The van der Waals surface area contributed by atoms with Crippen molar-refractivity contribution in [3.8, 4) is 0 Å². The molecule has 0 spiro atoms. The van der Waals surface area contributed by atoms with Gasteiger partial charge in [0.2, 0.25) is 20.0 Å². The van der Waals surface area contributed by atoms with Crippen LogP contribution in [0.3, 0.4) is 0 Å². The highest BCUT2D eigenvalue weighted by Crippen LogP contribution is 2.32. The normalized spacial score (nSPS) is 16.4. The molecule has 5 rings (SSSR count). The van der Waals surface area contributed by atoms with Crippen molar-refractivity contribution in [1.82, 2.24) is 13.6 Å². The van der Waals surface area contributed by atoms with E-state index in [-0.39, 0.29) is 48.5 Å². The van der Waals surface area contributed by atoms with Gasteiger partial charge in [0.1, 0.15) is 9.79 Å². The Balaban J connectivity index is 0.00000405. The first-order chi connectivity index (χ1) is 19.4. The highest BCUT2D eigenvalue weighted by atomic mass is 35.5. The lowest BCUT2D eigenvalue weighted by Crippen LogP contribution is -2.37. The van der Waals surface area contributed by atoms with Crippen LogP contribution in [-0.4, -0.2) is 68.4 Å². The lowest BCUT2D eigenvalue weighted by atomic mass is 10.1. The van der Waals surface area contributed by atoms with E-state index in [1.54, 1.807) is 12.3 Å². The monoisotopic (exact) mass is 692 g/mol. The predicted octanol–water partition coefficient (Wildman–Crippen LogP) is 5.24. The summed E-state index contributed by atoms with van der Waals surface area (Å²) in [7, 11) is -7.94. The van der Waals surface area contributed by atoms with Gasteiger partial charge in [-0.2, -0.15) is 8.61 Å². The van der Waals surface area contributed by atoms with Crippen LogP contribution in [0.25, 0.3) is 0 Å². The number of sulfonamides is 2. The molecule has 0 atom stereocenters. The molecular formula is C26H27Cl3N4O6S3. The number of aryl methyl sites for hydroxylation is 1. The highest BCUT2D eigenvalue weighted by molar-refractivity contribution is 7.89. The fourth-order valence-electron chi connectivity index (χ4n) is 4.77. The molecule has 2 aliphatic heterocycles. The van der Waals surface area contributed by atoms with Gasteiger partial charge in [-0.15, -0.1) is 23.7 Å². The zero-order valence-electron chi connectivity index (χ0n) is 22.3. The van der Waals surface area contributed by atoms with E-state index in [4.69, 9.17) is 23.2 Å². The summed E-state index contributed by atoms with van der Waals surface area (Å²) in [5.74, 6) is -1.70. The number of nitrogens with zero attached hydrogens (tertiary/aromatic N) is 4. The van der Waals surface area contributed by atoms with Crippen molar-refractivity contribution in [1.29, 1.82) is 0 Å². The number of thiazole rings is 1. The van der Waals surface area contributed by atoms with Gasteiger partial charge in [-0.25, -0.2) is 26.7 Å². The van der Waals surface area contributed by atoms with Gasteiger partial charge in [-0.1, -0.05) is 23.2 Å². The molecule has 0 saturated carbocycles. The van der Waals surface area contributed by atoms with Crippen molar-refractivity contribution in [2.45, 2.75) is 42.4 Å². The second kappa shape index (κ2) is 12.9. The molecule has 2 saturated heterocycles. The topological polar surface area (TPSA) is 125 Å². The van der Waals surface area contributed by atoms with E-state index >= 15 is 0 Å². The number of benzene rings is 2. The first-order valence-corrected chi connectivity index (χ1v) is 17.3. The molecule has 3 aromatic rings. The quantitative estimate of drug-likeness (QED) is 0.310. The van der Waals surface area contributed by atoms with Gasteiger partial charge < -0.3 is 0 Å². The zero-order chi connectivity index (χ0) is 29.5. The lowest BCUT2D eigenvalue weighted by Gasteiger charge is -2.21. The lowest BCUT2D eigenvalue weighted by molar-refractivity contribution is 0.0897. The number of hydrogen-bond acceptors (Lipinski definition) is 8. The number of imide groups is 1. The van der Waals surface area contributed by atoms with Gasteiger partial charge in [0.25, 0.3) is 11.8 Å². The first-order valence-electron chi connectivity index (χ1n) is 12.8. The van der Waals surface area contributed by atoms with E-state index in [1.165, 1.54) is 32.9 Å². The molecule has 3 heterocycles. The molecule has 2 fully saturated rings. The van der Waals surface area contributed by atoms with Crippen LogP contribution >= 0.6 is 46.9 Å². The summed E-state index contributed by atoms with van der Waals surface area (Å²) in [4.78, 5) is 32.5. The number of hydrogen-bond donors (Lipinski definition) is 0. The summed E-state index contributed by atoms with van der Waals surface area (Å²) in [5.41, 5.74) is 0.344. The van der Waals surface area contributed by atoms with Crippen LogP contribution in [0.5, 0.6) is 0 Å². The maximum absolute atomic E-state index is 13.9. The number of rotatable bonds is 7. The molecule has 2 aromatic carbocycles. The zero-order valence-corrected chi connectivity index (χ0v) is 27.1. The van der Waals surface area contributed by atoms with Crippen molar-refractivity contribution < 1.29 is 26.4 Å². The Kier molecular flexibility index (Phi) is 10.0. The van der Waals surface area contributed by atoms with Gasteiger partial charge in [-0.05, 0) is 69.0 Å². The second-order valence-corrected chi connectivity index (χ2v) is 15.2. The SMILES string of the molecule is Cc1csc(N(C(=O)c2ccc(Cl)c(S(=O)(=O)N3CCCC3)c2)C(=O)c2ccc(Cl)c(S(=O)(=O)N3CCCC3)c2)n1.Cl. The van der Waals surface area contributed by atoms with Crippen LogP contribution < -0.4 is 4.90 Å². The Morgan fingerprint density at radius 3 is 1.55 bits per heavy atom. The average Bonchev–Trinajstić information content (AvgIpc) is 3.73. The maximum Gasteiger partial charge on any atom is 0.267 e. The van der Waals surface area contributed by atoms with E-state index in [1.807, 2.05) is 0 Å². The minimum absolute atomic E-state index is 0. The summed E-state index contributed by atoms with van der Waals surface area (Å²) in [5, 5.41) is 1.59. The molecule has 0 unspecified atom stereocenters. The number of anilines is 1. The Labute approximate surface area is 264 Å². The van der Waals surface area contributed by atoms with Crippen molar-refractivity contribution in [3.05, 3.63) is 68.6 Å². The van der Waals surface area contributed by atoms with Crippen molar-refractivity contribution in [2.24, 2.45) is 0 Å². The van der Waals surface area contributed by atoms with Gasteiger partial charge in [0.05, 0.1) is 15.7 Å². The third-order valence-electron chi connectivity index (χ3n) is 6.93. The van der Waals surface area contributed by atoms with Gasteiger partial charge >= 0.3 is 0 Å². The van der Waals surface area contributed by atoms with E-state index in [0.717, 1.165) is 54.1 Å². The van der Waals surface area contributed by atoms with Crippen LogP contribution in [-0.2, 0) is 20.0 Å². The molecule has 226 valence electrons. The van der Waals surface area contributed by atoms with E-state index in [0.29, 0.717) is 31.9 Å². The minimum Gasteiger partial charge on any atom is -0.268 e. The summed E-state index contributed by atoms with van der Waals surface area (Å²) >= 11 is 13.6. The van der Waals surface area contributed by atoms with E-state index < -0.39 is 31.9 Å². The molecule has 16 heteroatoms. The molecule has 2 aliphatic rings. The number of amides is 2. The van der Waals surface area contributed by atoms with Crippen LogP contribution in [0, 0.1) is 6.92 Å². The number of carbonyl (C=O) groups is 2. The molecule has 0 radical (unpaired) electrons. The van der Waals surface area contributed by atoms with Gasteiger partial charge in [0, 0.05) is 42.7 Å². The molecular weight excluding hydrogens is 667 g/mol. The van der Waals surface area contributed by atoms with Crippen molar-refractivity contribution in [2.75, 3.05) is 31.1 Å². The standard InChI is InChI=1S/C26H26Cl2N4O6S3.ClH/c1-17-16-39-26(29-17)32(24(33)18-6-8-20(27)22(14-18)40(35,36)30-10-2-3-11-30)25(34)19-7-9-21(28)23(15-19)41(37,38)31-12-4-5-13-31;/h6-9,14-16H,2-5,10-13H2,1H3;1H. The Hall–Kier alpha value is -2.10. The van der Waals surface area contributed by atoms with Crippen molar-refractivity contribution in [3.63, 3.8) is 0 Å². The highest BCUT2D eigenvalue weighted by Gasteiger charge is 2.34. The van der Waals surface area contributed by atoms with Gasteiger partial charge in [-0.3, -0.25) is 9.59 Å². The Morgan fingerprint density at radius 1 is 0.786 bits per heavy atom. The van der Waals surface area contributed by atoms with Crippen LogP contribution in [0.15, 0.2) is 51.6 Å². The molecule has 0 N–H and O–H groups in total. The second-order valence-electron chi connectivity index (χ2n) is 9.73.